The fourth-order valence-electron chi connectivity index (χ4n) is 3.01. The molecule has 11 heteroatoms. The van der Waals surface area contributed by atoms with Crippen LogP contribution in [0.25, 0.3) is 0 Å². The van der Waals surface area contributed by atoms with Crippen LogP contribution in [0, 0.1) is 0 Å². The number of ether oxygens (including phenoxy) is 2. The van der Waals surface area contributed by atoms with E-state index in [-0.39, 0.29) is 30.0 Å². The fraction of sp³-hybridized carbons (Fsp3) is 0.684. The second-order valence-electron chi connectivity index (χ2n) is 7.94. The summed E-state index contributed by atoms with van der Waals surface area (Å²) >= 11 is 1.21. The molecule has 1 saturated heterocycles. The number of hydrogen-bond acceptors (Lipinski definition) is 8. The summed E-state index contributed by atoms with van der Waals surface area (Å²) in [6.07, 6.45) is 1.75. The molecule has 1 aliphatic rings. The van der Waals surface area contributed by atoms with Crippen LogP contribution in [-0.4, -0.2) is 60.0 Å². The number of rotatable bonds is 5. The summed E-state index contributed by atoms with van der Waals surface area (Å²) in [5.41, 5.74) is -0.563. The number of carbonyl (C=O) groups excluding carboxylic acids is 2. The molecule has 30 heavy (non-hydrogen) atoms. The zero-order valence-corrected chi connectivity index (χ0v) is 18.7. The molecular weight excluding hydrogens is 418 g/mol. The summed E-state index contributed by atoms with van der Waals surface area (Å²) in [4.78, 5) is 34.6. The normalized spacial score (nSPS) is 16.6. The van der Waals surface area contributed by atoms with Crippen LogP contribution in [0.15, 0.2) is 5.16 Å². The quantitative estimate of drug-likeness (QED) is 0.416. The van der Waals surface area contributed by atoms with Crippen molar-refractivity contribution in [3.8, 4) is 0 Å². The van der Waals surface area contributed by atoms with Gasteiger partial charge in [0.1, 0.15) is 17.0 Å². The van der Waals surface area contributed by atoms with Crippen molar-refractivity contribution >= 4 is 29.6 Å². The van der Waals surface area contributed by atoms with Crippen molar-refractivity contribution < 1.29 is 27.8 Å². The molecule has 2 heterocycles. The molecule has 8 nitrogen and oxygen atoms in total. The number of alkyl carbamates (subject to hydrolysis) is 1. The van der Waals surface area contributed by atoms with Gasteiger partial charge in [0.25, 0.3) is 5.92 Å². The van der Waals surface area contributed by atoms with Gasteiger partial charge in [-0.25, -0.2) is 28.3 Å². The molecule has 0 aliphatic carbocycles. The van der Waals surface area contributed by atoms with Gasteiger partial charge in [-0.05, 0) is 39.9 Å². The van der Waals surface area contributed by atoms with E-state index in [0.29, 0.717) is 24.5 Å². The van der Waals surface area contributed by atoms with Gasteiger partial charge < -0.3 is 19.7 Å². The number of amides is 1. The van der Waals surface area contributed by atoms with Crippen molar-refractivity contribution in [3.63, 3.8) is 0 Å². The van der Waals surface area contributed by atoms with Gasteiger partial charge in [0.15, 0.2) is 5.16 Å². The summed E-state index contributed by atoms with van der Waals surface area (Å²) in [7, 11) is 1.19. The molecule has 0 atom stereocenters. The van der Waals surface area contributed by atoms with Crippen molar-refractivity contribution in [1.29, 1.82) is 0 Å². The maximum atomic E-state index is 14.2. The molecule has 1 N–H and O–H groups in total. The Morgan fingerprint density at radius 2 is 1.97 bits per heavy atom. The first-order valence-electron chi connectivity index (χ1n) is 9.58. The summed E-state index contributed by atoms with van der Waals surface area (Å²) in [5, 5.41) is 2.85. The van der Waals surface area contributed by atoms with Crippen LogP contribution in [0.4, 0.5) is 19.4 Å². The lowest BCUT2D eigenvalue weighted by Crippen LogP contribution is -2.37. The Morgan fingerprint density at radius 1 is 1.27 bits per heavy atom. The molecule has 0 bridgehead atoms. The van der Waals surface area contributed by atoms with E-state index in [1.54, 1.807) is 27.0 Å². The average molecular weight is 447 g/mol. The van der Waals surface area contributed by atoms with Gasteiger partial charge in [-0.3, -0.25) is 0 Å². The van der Waals surface area contributed by atoms with Crippen molar-refractivity contribution in [3.05, 3.63) is 11.3 Å². The summed E-state index contributed by atoms with van der Waals surface area (Å²) in [6, 6.07) is 0. The van der Waals surface area contributed by atoms with E-state index in [4.69, 9.17) is 9.47 Å². The third-order valence-electron chi connectivity index (χ3n) is 4.26. The molecule has 1 aromatic rings. The number of alkyl halides is 2. The number of methoxy groups -OCH3 is 1. The molecule has 0 aromatic carbocycles. The second kappa shape index (κ2) is 9.76. The van der Waals surface area contributed by atoms with Crippen LogP contribution in [-0.2, 0) is 16.0 Å². The minimum atomic E-state index is -2.90. The van der Waals surface area contributed by atoms with E-state index in [9.17, 15) is 18.4 Å². The maximum Gasteiger partial charge on any atom is 0.407 e. The molecule has 168 valence electrons. The van der Waals surface area contributed by atoms with E-state index < -0.39 is 30.1 Å². The summed E-state index contributed by atoms with van der Waals surface area (Å²) < 4.78 is 38.5. The van der Waals surface area contributed by atoms with Crippen molar-refractivity contribution in [2.45, 2.75) is 63.3 Å². The molecule has 1 fully saturated rings. The molecule has 0 radical (unpaired) electrons. The minimum Gasteiger partial charge on any atom is -0.465 e. The summed E-state index contributed by atoms with van der Waals surface area (Å²) in [6.45, 7) is 4.79. The first-order valence-corrected chi connectivity index (χ1v) is 10.8. The first-order chi connectivity index (χ1) is 14.0. The Bertz CT molecular complexity index is 787. The van der Waals surface area contributed by atoms with E-state index >= 15 is 0 Å². The van der Waals surface area contributed by atoms with Crippen molar-refractivity contribution in [2.75, 3.05) is 31.4 Å². The van der Waals surface area contributed by atoms with Crippen LogP contribution in [0.3, 0.4) is 0 Å². The molecule has 1 aliphatic heterocycles. The van der Waals surface area contributed by atoms with Gasteiger partial charge in [-0.1, -0.05) is 11.8 Å². The number of carbonyl (C=O) groups is 2. The minimum absolute atomic E-state index is 0.0379. The smallest absolute Gasteiger partial charge is 0.407 e. The third kappa shape index (κ3) is 6.68. The fourth-order valence-corrected chi connectivity index (χ4v) is 3.38. The highest BCUT2D eigenvalue weighted by Gasteiger charge is 2.36. The van der Waals surface area contributed by atoms with Crippen LogP contribution < -0.4 is 10.2 Å². The first kappa shape index (κ1) is 24.1. The number of halogens is 2. The molecular formula is C19H28F2N4O4S. The largest absolute Gasteiger partial charge is 0.465 e. The van der Waals surface area contributed by atoms with E-state index in [2.05, 4.69) is 15.3 Å². The van der Waals surface area contributed by atoms with Gasteiger partial charge in [0, 0.05) is 13.0 Å². The van der Waals surface area contributed by atoms with Gasteiger partial charge in [-0.2, -0.15) is 0 Å². The number of nitrogens with zero attached hydrogens (tertiary/aromatic N) is 3. The SMILES string of the molecule is COC(=O)c1c(CNC(=O)OC(C)(C)C)nc(SC)nc1N1CCCCC(F)(F)C1. The molecule has 0 saturated carbocycles. The maximum absolute atomic E-state index is 14.2. The monoisotopic (exact) mass is 446 g/mol. The summed E-state index contributed by atoms with van der Waals surface area (Å²) in [5.74, 6) is -3.57. The number of thioether (sulfide) groups is 1. The third-order valence-corrected chi connectivity index (χ3v) is 4.81. The van der Waals surface area contributed by atoms with Crippen LogP contribution >= 0.6 is 11.8 Å². The number of nitrogens with one attached hydrogen (secondary N) is 1. The Labute approximate surface area is 179 Å². The zero-order valence-electron chi connectivity index (χ0n) is 17.9. The highest BCUT2D eigenvalue weighted by atomic mass is 32.2. The predicted molar refractivity (Wildman–Crippen MR) is 109 cm³/mol. The molecule has 0 spiro atoms. The van der Waals surface area contributed by atoms with Crippen molar-refractivity contribution in [1.82, 2.24) is 15.3 Å². The Morgan fingerprint density at radius 3 is 2.57 bits per heavy atom. The topological polar surface area (TPSA) is 93.6 Å². The van der Waals surface area contributed by atoms with E-state index in [1.165, 1.54) is 23.8 Å². The number of hydrogen-bond donors (Lipinski definition) is 1. The predicted octanol–water partition coefficient (Wildman–Crippen LogP) is 3.64. The lowest BCUT2D eigenvalue weighted by atomic mass is 10.1. The number of aromatic nitrogens is 2. The second-order valence-corrected chi connectivity index (χ2v) is 8.71. The molecule has 1 aromatic heterocycles. The lowest BCUT2D eigenvalue weighted by molar-refractivity contribution is 0.00323. The standard InChI is InChI=1S/C19H28F2N4O4S/c1-18(2,3)29-17(27)22-10-12-13(15(26)28-4)14(24-16(23-12)30-5)25-9-7-6-8-19(20,21)11-25/h6-11H2,1-5H3,(H,22,27). The van der Waals surface area contributed by atoms with Gasteiger partial charge in [0.2, 0.25) is 0 Å². The molecule has 2 rings (SSSR count). The highest BCUT2D eigenvalue weighted by Crippen LogP contribution is 2.32. The van der Waals surface area contributed by atoms with Crippen LogP contribution in [0.5, 0.6) is 0 Å². The molecule has 1 amide bonds. The number of esters is 1. The van der Waals surface area contributed by atoms with Gasteiger partial charge >= 0.3 is 12.1 Å². The number of anilines is 1. The lowest BCUT2D eigenvalue weighted by Gasteiger charge is -2.27. The Kier molecular flexibility index (Phi) is 7.84. The van der Waals surface area contributed by atoms with Gasteiger partial charge in [-0.15, -0.1) is 0 Å². The van der Waals surface area contributed by atoms with Crippen LogP contribution in [0.2, 0.25) is 0 Å². The Hall–Kier alpha value is -2.17. The van der Waals surface area contributed by atoms with Gasteiger partial charge in [0.05, 0.1) is 25.9 Å². The molecule has 0 unspecified atom stereocenters. The average Bonchev–Trinajstić information content (AvgIpc) is 2.84. The van der Waals surface area contributed by atoms with E-state index in [1.807, 2.05) is 0 Å². The van der Waals surface area contributed by atoms with Crippen molar-refractivity contribution in [2.24, 2.45) is 0 Å². The Balaban J connectivity index is 2.44. The highest BCUT2D eigenvalue weighted by molar-refractivity contribution is 7.98. The van der Waals surface area contributed by atoms with Crippen LogP contribution in [0.1, 0.15) is 56.1 Å². The zero-order chi connectivity index (χ0) is 22.5. The van der Waals surface area contributed by atoms with E-state index in [0.717, 1.165) is 0 Å².